The van der Waals surface area contributed by atoms with Crippen LogP contribution in [-0.4, -0.2) is 37.9 Å². The van der Waals surface area contributed by atoms with Crippen LogP contribution in [0.4, 0.5) is 17.6 Å². The third-order valence-electron chi connectivity index (χ3n) is 4.46. The van der Waals surface area contributed by atoms with Crippen molar-refractivity contribution in [2.24, 2.45) is 10.9 Å². The third-order valence-corrected chi connectivity index (χ3v) is 4.46. The van der Waals surface area contributed by atoms with Crippen LogP contribution in [0.5, 0.6) is 5.75 Å². The summed E-state index contributed by atoms with van der Waals surface area (Å²) in [6.07, 6.45) is -3.08. The van der Waals surface area contributed by atoms with Gasteiger partial charge in [-0.25, -0.2) is 4.39 Å². The van der Waals surface area contributed by atoms with E-state index in [9.17, 15) is 17.6 Å². The molecular weight excluding hydrogens is 350 g/mol. The lowest BCUT2D eigenvalue weighted by Crippen LogP contribution is -2.47. The molecule has 0 amide bonds. The zero-order valence-electron chi connectivity index (χ0n) is 14.9. The summed E-state index contributed by atoms with van der Waals surface area (Å²) >= 11 is 0. The molecule has 0 spiro atoms. The van der Waals surface area contributed by atoms with Gasteiger partial charge in [-0.2, -0.15) is 13.2 Å². The SMILES string of the molecule is CN=C(NCC(C)Oc1ccc(F)cc1)NC1CCC(C(F)(F)F)CC1. The molecule has 1 aliphatic rings. The maximum absolute atomic E-state index is 12.9. The minimum Gasteiger partial charge on any atom is -0.489 e. The Hall–Kier alpha value is -1.99. The van der Waals surface area contributed by atoms with Gasteiger partial charge in [0.15, 0.2) is 5.96 Å². The quantitative estimate of drug-likeness (QED) is 0.466. The second kappa shape index (κ2) is 9.09. The van der Waals surface area contributed by atoms with Crippen molar-refractivity contribution in [2.75, 3.05) is 13.6 Å². The number of nitrogens with one attached hydrogen (secondary N) is 2. The maximum atomic E-state index is 12.9. The summed E-state index contributed by atoms with van der Waals surface area (Å²) in [5.41, 5.74) is 0. The molecule has 1 aliphatic carbocycles. The maximum Gasteiger partial charge on any atom is 0.391 e. The van der Waals surface area contributed by atoms with Gasteiger partial charge in [0.25, 0.3) is 0 Å². The first-order chi connectivity index (χ1) is 12.3. The molecule has 0 radical (unpaired) electrons. The van der Waals surface area contributed by atoms with E-state index in [0.717, 1.165) is 0 Å². The first-order valence-corrected chi connectivity index (χ1v) is 8.74. The molecule has 0 saturated heterocycles. The van der Waals surface area contributed by atoms with E-state index in [1.54, 1.807) is 19.2 Å². The van der Waals surface area contributed by atoms with Crippen molar-refractivity contribution < 1.29 is 22.3 Å². The fraction of sp³-hybridized carbons (Fsp3) is 0.611. The highest BCUT2D eigenvalue weighted by molar-refractivity contribution is 5.80. The van der Waals surface area contributed by atoms with Gasteiger partial charge in [0.05, 0.1) is 12.5 Å². The lowest BCUT2D eigenvalue weighted by molar-refractivity contribution is -0.182. The van der Waals surface area contributed by atoms with Gasteiger partial charge in [-0.05, 0) is 56.9 Å². The molecule has 0 aromatic heterocycles. The molecular formula is C18H25F4N3O. The standard InChI is InChI=1S/C18H25F4N3O/c1-12(26-16-9-5-14(19)6-10-16)11-24-17(23-2)25-15-7-3-13(4-8-15)18(20,21)22/h5-6,9-10,12-13,15H,3-4,7-8,11H2,1-2H3,(H2,23,24,25). The van der Waals surface area contributed by atoms with E-state index in [0.29, 0.717) is 31.1 Å². The summed E-state index contributed by atoms with van der Waals surface area (Å²) in [6.45, 7) is 2.31. The molecule has 2 N–H and O–H groups in total. The molecule has 146 valence electrons. The second-order valence-electron chi connectivity index (χ2n) is 6.57. The fourth-order valence-electron chi connectivity index (χ4n) is 2.98. The van der Waals surface area contributed by atoms with Crippen LogP contribution in [0.25, 0.3) is 0 Å². The van der Waals surface area contributed by atoms with Crippen molar-refractivity contribution >= 4 is 5.96 Å². The van der Waals surface area contributed by atoms with Gasteiger partial charge in [-0.1, -0.05) is 0 Å². The van der Waals surface area contributed by atoms with Crippen LogP contribution < -0.4 is 15.4 Å². The zero-order chi connectivity index (χ0) is 19.2. The summed E-state index contributed by atoms with van der Waals surface area (Å²) in [5, 5.41) is 6.28. The van der Waals surface area contributed by atoms with E-state index >= 15 is 0 Å². The predicted molar refractivity (Wildman–Crippen MR) is 92.8 cm³/mol. The zero-order valence-corrected chi connectivity index (χ0v) is 14.9. The van der Waals surface area contributed by atoms with Gasteiger partial charge in [-0.15, -0.1) is 0 Å². The molecule has 1 fully saturated rings. The number of halogens is 4. The summed E-state index contributed by atoms with van der Waals surface area (Å²) in [7, 11) is 1.61. The molecule has 0 heterocycles. The summed E-state index contributed by atoms with van der Waals surface area (Å²) < 4.78 is 56.7. The van der Waals surface area contributed by atoms with Crippen molar-refractivity contribution in [1.82, 2.24) is 10.6 Å². The van der Waals surface area contributed by atoms with Gasteiger partial charge < -0.3 is 15.4 Å². The van der Waals surface area contributed by atoms with Crippen molar-refractivity contribution in [3.05, 3.63) is 30.1 Å². The van der Waals surface area contributed by atoms with Crippen molar-refractivity contribution in [2.45, 2.75) is 50.9 Å². The van der Waals surface area contributed by atoms with Crippen LogP contribution in [0.3, 0.4) is 0 Å². The number of nitrogens with zero attached hydrogens (tertiary/aromatic N) is 1. The first kappa shape index (κ1) is 20.3. The van der Waals surface area contributed by atoms with E-state index in [1.165, 1.54) is 12.1 Å². The van der Waals surface area contributed by atoms with Gasteiger partial charge in [0.2, 0.25) is 0 Å². The number of hydrogen-bond acceptors (Lipinski definition) is 2. The van der Waals surface area contributed by atoms with Gasteiger partial charge >= 0.3 is 6.18 Å². The smallest absolute Gasteiger partial charge is 0.391 e. The van der Waals surface area contributed by atoms with Crippen LogP contribution in [0.15, 0.2) is 29.3 Å². The topological polar surface area (TPSA) is 45.7 Å². The minimum absolute atomic E-state index is 0.0203. The average molecular weight is 375 g/mol. The fourth-order valence-corrected chi connectivity index (χ4v) is 2.98. The van der Waals surface area contributed by atoms with Crippen LogP contribution in [0, 0.1) is 11.7 Å². The lowest BCUT2D eigenvalue weighted by atomic mass is 9.85. The Morgan fingerprint density at radius 2 is 1.81 bits per heavy atom. The third kappa shape index (κ3) is 6.38. The summed E-state index contributed by atoms with van der Waals surface area (Å²) in [5.74, 6) is -0.420. The Balaban J connectivity index is 1.73. The Kier molecular flexibility index (Phi) is 7.11. The highest BCUT2D eigenvalue weighted by Crippen LogP contribution is 2.37. The Morgan fingerprint density at radius 1 is 1.19 bits per heavy atom. The molecule has 1 saturated carbocycles. The Morgan fingerprint density at radius 3 is 2.35 bits per heavy atom. The monoisotopic (exact) mass is 375 g/mol. The van der Waals surface area contributed by atoms with Crippen LogP contribution in [0.1, 0.15) is 32.6 Å². The predicted octanol–water partition coefficient (Wildman–Crippen LogP) is 3.88. The highest BCUT2D eigenvalue weighted by atomic mass is 19.4. The van der Waals surface area contributed by atoms with Gasteiger partial charge in [0.1, 0.15) is 17.7 Å². The first-order valence-electron chi connectivity index (χ1n) is 8.74. The van der Waals surface area contributed by atoms with E-state index in [1.807, 2.05) is 6.92 Å². The Labute approximate surface area is 151 Å². The number of rotatable bonds is 5. The van der Waals surface area contributed by atoms with Gasteiger partial charge in [0, 0.05) is 13.1 Å². The summed E-state index contributed by atoms with van der Waals surface area (Å²) in [4.78, 5) is 4.11. The molecule has 26 heavy (non-hydrogen) atoms. The van der Waals surface area contributed by atoms with Crippen molar-refractivity contribution in [3.63, 3.8) is 0 Å². The van der Waals surface area contributed by atoms with E-state index in [4.69, 9.17) is 4.74 Å². The lowest BCUT2D eigenvalue weighted by Gasteiger charge is -2.31. The number of guanidine groups is 1. The van der Waals surface area contributed by atoms with E-state index < -0.39 is 12.1 Å². The molecule has 4 nitrogen and oxygen atoms in total. The van der Waals surface area contributed by atoms with E-state index in [-0.39, 0.29) is 30.8 Å². The molecule has 1 unspecified atom stereocenters. The van der Waals surface area contributed by atoms with Crippen LogP contribution in [-0.2, 0) is 0 Å². The number of aliphatic imine (C=N–C) groups is 1. The van der Waals surface area contributed by atoms with Crippen molar-refractivity contribution in [3.8, 4) is 5.75 Å². The van der Waals surface area contributed by atoms with E-state index in [2.05, 4.69) is 15.6 Å². The molecule has 0 aliphatic heterocycles. The van der Waals surface area contributed by atoms with Crippen LogP contribution in [0.2, 0.25) is 0 Å². The molecule has 1 aromatic carbocycles. The van der Waals surface area contributed by atoms with Crippen LogP contribution >= 0.6 is 0 Å². The normalized spacial score (nSPS) is 22.6. The molecule has 8 heteroatoms. The Bertz CT molecular complexity index is 581. The van der Waals surface area contributed by atoms with Crippen molar-refractivity contribution in [1.29, 1.82) is 0 Å². The second-order valence-corrected chi connectivity index (χ2v) is 6.57. The number of ether oxygens (including phenoxy) is 1. The highest BCUT2D eigenvalue weighted by Gasteiger charge is 2.41. The molecule has 0 bridgehead atoms. The molecule has 1 atom stereocenters. The summed E-state index contributed by atoms with van der Waals surface area (Å²) in [6, 6.07) is 5.74. The number of benzene rings is 1. The molecule has 2 rings (SSSR count). The van der Waals surface area contributed by atoms with Gasteiger partial charge in [-0.3, -0.25) is 4.99 Å². The minimum atomic E-state index is -4.10. The number of hydrogen-bond donors (Lipinski definition) is 2. The average Bonchev–Trinajstić information content (AvgIpc) is 2.60. The number of alkyl halides is 3. The molecule has 1 aromatic rings. The largest absolute Gasteiger partial charge is 0.489 e.